The van der Waals surface area contributed by atoms with Gasteiger partial charge in [0.05, 0.1) is 12.4 Å². The van der Waals surface area contributed by atoms with E-state index < -0.39 is 23.9 Å². The highest BCUT2D eigenvalue weighted by atomic mass is 16.4. The minimum atomic E-state index is -1.21. The van der Waals surface area contributed by atoms with E-state index in [0.29, 0.717) is 0 Å². The average Bonchev–Trinajstić information content (AvgIpc) is 2.39. The fourth-order valence-electron chi connectivity index (χ4n) is 1.55. The first-order valence-electron chi connectivity index (χ1n) is 5.28. The van der Waals surface area contributed by atoms with Crippen LogP contribution < -0.4 is 10.6 Å². The van der Waals surface area contributed by atoms with Crippen molar-refractivity contribution in [2.24, 2.45) is 0 Å². The molecule has 1 aromatic heterocycles. The second-order valence-electron chi connectivity index (χ2n) is 3.68. The van der Waals surface area contributed by atoms with Crippen LogP contribution >= 0.6 is 0 Å². The number of carboxylic acid groups (broad SMARTS) is 1. The van der Waals surface area contributed by atoms with E-state index >= 15 is 0 Å². The molecule has 100 valence electrons. The van der Waals surface area contributed by atoms with Crippen molar-refractivity contribution in [1.29, 1.82) is 0 Å². The van der Waals surface area contributed by atoms with E-state index in [1.165, 1.54) is 12.4 Å². The van der Waals surface area contributed by atoms with Crippen molar-refractivity contribution in [3.8, 4) is 0 Å². The van der Waals surface area contributed by atoms with Crippen molar-refractivity contribution in [3.63, 3.8) is 0 Å². The van der Waals surface area contributed by atoms with E-state index in [-0.39, 0.29) is 19.0 Å². The van der Waals surface area contributed by atoms with Crippen molar-refractivity contribution in [2.45, 2.75) is 6.04 Å². The highest BCUT2D eigenvalue weighted by Gasteiger charge is 2.35. The summed E-state index contributed by atoms with van der Waals surface area (Å²) in [4.78, 5) is 38.8. The third kappa shape index (κ3) is 2.91. The van der Waals surface area contributed by atoms with Crippen LogP contribution in [-0.4, -0.2) is 62.2 Å². The molecule has 0 aliphatic carbocycles. The second-order valence-corrected chi connectivity index (χ2v) is 3.68. The molecule has 1 aromatic rings. The zero-order chi connectivity index (χ0) is 13.8. The van der Waals surface area contributed by atoms with E-state index in [1.54, 1.807) is 0 Å². The van der Waals surface area contributed by atoms with Gasteiger partial charge in [-0.05, 0) is 0 Å². The van der Waals surface area contributed by atoms with Crippen molar-refractivity contribution >= 4 is 23.9 Å². The first-order valence-corrected chi connectivity index (χ1v) is 5.28. The van der Waals surface area contributed by atoms with Gasteiger partial charge in [-0.25, -0.2) is 14.6 Å². The molecule has 0 bridgehead atoms. The molecule has 3 N–H and O–H groups in total. The number of urea groups is 1. The highest BCUT2D eigenvalue weighted by Crippen LogP contribution is 2.07. The summed E-state index contributed by atoms with van der Waals surface area (Å²) in [5.74, 6) is -1.70. The van der Waals surface area contributed by atoms with Crippen LogP contribution in [0.1, 0.15) is 0 Å². The third-order valence-electron chi connectivity index (χ3n) is 2.43. The van der Waals surface area contributed by atoms with Crippen molar-refractivity contribution < 1.29 is 19.5 Å². The van der Waals surface area contributed by atoms with Gasteiger partial charge in [-0.1, -0.05) is 0 Å². The SMILES string of the molecule is O=C1CN(C(=O)Nc2nccnn2)C(C(=O)O)CN1. The number of carboxylic acids is 1. The Hall–Kier alpha value is -2.78. The summed E-state index contributed by atoms with van der Waals surface area (Å²) in [6.07, 6.45) is 2.64. The zero-order valence-electron chi connectivity index (χ0n) is 9.61. The molecule has 19 heavy (non-hydrogen) atoms. The predicted molar refractivity (Wildman–Crippen MR) is 60.0 cm³/mol. The average molecular weight is 266 g/mol. The van der Waals surface area contributed by atoms with Crippen LogP contribution in [0.2, 0.25) is 0 Å². The van der Waals surface area contributed by atoms with Crippen LogP contribution in [0, 0.1) is 0 Å². The van der Waals surface area contributed by atoms with Gasteiger partial charge in [0.2, 0.25) is 5.91 Å². The van der Waals surface area contributed by atoms with Gasteiger partial charge >= 0.3 is 12.0 Å². The minimum absolute atomic E-state index is 0.0670. The number of amides is 3. The Kier molecular flexibility index (Phi) is 3.50. The number of nitrogens with one attached hydrogen (secondary N) is 2. The maximum atomic E-state index is 11.9. The normalized spacial score (nSPS) is 18.6. The second kappa shape index (κ2) is 5.25. The molecule has 0 aromatic carbocycles. The molecule has 1 saturated heterocycles. The Morgan fingerprint density at radius 2 is 2.26 bits per heavy atom. The van der Waals surface area contributed by atoms with Crippen LogP contribution in [0.4, 0.5) is 10.7 Å². The molecular formula is C9H10N6O4. The molecule has 0 spiro atoms. The van der Waals surface area contributed by atoms with Gasteiger partial charge in [-0.15, -0.1) is 5.10 Å². The zero-order valence-corrected chi connectivity index (χ0v) is 9.61. The summed E-state index contributed by atoms with van der Waals surface area (Å²) < 4.78 is 0. The van der Waals surface area contributed by atoms with E-state index in [4.69, 9.17) is 5.11 Å². The molecule has 1 aliphatic rings. The summed E-state index contributed by atoms with van der Waals surface area (Å²) in [6.45, 7) is -0.488. The molecule has 1 unspecified atom stereocenters. The third-order valence-corrected chi connectivity index (χ3v) is 2.43. The number of anilines is 1. The van der Waals surface area contributed by atoms with Crippen molar-refractivity contribution in [1.82, 2.24) is 25.4 Å². The minimum Gasteiger partial charge on any atom is -0.480 e. The maximum Gasteiger partial charge on any atom is 0.328 e. The lowest BCUT2D eigenvalue weighted by Crippen LogP contribution is -2.60. The lowest BCUT2D eigenvalue weighted by molar-refractivity contribution is -0.144. The highest BCUT2D eigenvalue weighted by molar-refractivity contribution is 5.95. The summed E-state index contributed by atoms with van der Waals surface area (Å²) >= 11 is 0. The molecule has 0 radical (unpaired) electrons. The monoisotopic (exact) mass is 266 g/mol. The molecule has 2 heterocycles. The van der Waals surface area contributed by atoms with Crippen LogP contribution in [0.15, 0.2) is 12.4 Å². The molecule has 1 aliphatic heterocycles. The van der Waals surface area contributed by atoms with Gasteiger partial charge in [0, 0.05) is 6.54 Å². The van der Waals surface area contributed by atoms with Crippen LogP contribution in [0.25, 0.3) is 0 Å². The smallest absolute Gasteiger partial charge is 0.328 e. The predicted octanol–water partition coefficient (Wildman–Crippen LogP) is -1.71. The van der Waals surface area contributed by atoms with Crippen LogP contribution in [0.3, 0.4) is 0 Å². The van der Waals surface area contributed by atoms with Gasteiger partial charge in [0.25, 0.3) is 5.95 Å². The van der Waals surface area contributed by atoms with E-state index in [0.717, 1.165) is 4.90 Å². The maximum absolute atomic E-state index is 11.9. The standard InChI is InChI=1S/C9H10N6O4/c16-6-4-15(5(3-11-6)7(17)18)9(19)13-8-10-1-2-12-14-8/h1-2,5H,3-4H2,(H,11,16)(H,17,18)(H,10,13,14,19). The number of hydrogen-bond donors (Lipinski definition) is 3. The quantitative estimate of drug-likeness (QED) is 0.579. The molecular weight excluding hydrogens is 256 g/mol. The molecule has 1 atom stereocenters. The Morgan fingerprint density at radius 1 is 1.47 bits per heavy atom. The van der Waals surface area contributed by atoms with Crippen LogP contribution in [0.5, 0.6) is 0 Å². The number of nitrogens with zero attached hydrogens (tertiary/aromatic N) is 4. The van der Waals surface area contributed by atoms with E-state index in [9.17, 15) is 14.4 Å². The summed E-state index contributed by atoms with van der Waals surface area (Å²) in [6, 6.07) is -1.90. The first-order chi connectivity index (χ1) is 9.08. The fourth-order valence-corrected chi connectivity index (χ4v) is 1.55. The topological polar surface area (TPSA) is 137 Å². The number of aromatic nitrogens is 3. The van der Waals surface area contributed by atoms with Gasteiger partial charge in [-0.3, -0.25) is 15.0 Å². The molecule has 2 rings (SSSR count). The van der Waals surface area contributed by atoms with Crippen molar-refractivity contribution in [2.75, 3.05) is 18.4 Å². The number of carbonyl (C=O) groups is 3. The van der Waals surface area contributed by atoms with Gasteiger partial charge in [0.15, 0.2) is 0 Å². The van der Waals surface area contributed by atoms with Gasteiger partial charge in [-0.2, -0.15) is 5.10 Å². The van der Waals surface area contributed by atoms with E-state index in [1.807, 2.05) is 0 Å². The Labute approximate surface area is 106 Å². The number of aliphatic carboxylic acids is 1. The van der Waals surface area contributed by atoms with Crippen molar-refractivity contribution in [3.05, 3.63) is 12.4 Å². The Balaban J connectivity index is 2.11. The molecule has 3 amide bonds. The lowest BCUT2D eigenvalue weighted by Gasteiger charge is -2.32. The van der Waals surface area contributed by atoms with Crippen LogP contribution in [-0.2, 0) is 9.59 Å². The Bertz CT molecular complexity index is 507. The molecule has 10 heteroatoms. The van der Waals surface area contributed by atoms with Gasteiger partial charge in [0.1, 0.15) is 12.6 Å². The molecule has 1 fully saturated rings. The first kappa shape index (κ1) is 12.7. The lowest BCUT2D eigenvalue weighted by atomic mass is 10.2. The summed E-state index contributed by atoms with van der Waals surface area (Å²) in [7, 11) is 0. The largest absolute Gasteiger partial charge is 0.480 e. The number of rotatable bonds is 2. The summed E-state index contributed by atoms with van der Waals surface area (Å²) in [5.41, 5.74) is 0. The fraction of sp³-hybridized carbons (Fsp3) is 0.333. The number of hydrogen-bond acceptors (Lipinski definition) is 6. The number of piperazine rings is 1. The molecule has 10 nitrogen and oxygen atoms in total. The molecule has 0 saturated carbocycles. The Morgan fingerprint density at radius 3 is 2.89 bits per heavy atom. The van der Waals surface area contributed by atoms with Gasteiger partial charge < -0.3 is 10.4 Å². The number of carbonyl (C=O) groups excluding carboxylic acids is 2. The summed E-state index contributed by atoms with van der Waals surface area (Å²) in [5, 5.41) is 20.7. The van der Waals surface area contributed by atoms with E-state index in [2.05, 4.69) is 25.8 Å².